The first-order valence-electron chi connectivity index (χ1n) is 11.5. The first kappa shape index (κ1) is 23.1. The van der Waals surface area contributed by atoms with Crippen molar-refractivity contribution in [1.82, 2.24) is 4.90 Å². The summed E-state index contributed by atoms with van der Waals surface area (Å²) in [6.07, 6.45) is 2.14. The predicted molar refractivity (Wildman–Crippen MR) is 126 cm³/mol. The van der Waals surface area contributed by atoms with Crippen molar-refractivity contribution in [1.29, 1.82) is 0 Å². The maximum atomic E-state index is 13.2. The third-order valence-electron chi connectivity index (χ3n) is 5.99. The maximum Gasteiger partial charge on any atom is 0.253 e. The van der Waals surface area contributed by atoms with Crippen LogP contribution in [0.5, 0.6) is 5.75 Å². The summed E-state index contributed by atoms with van der Waals surface area (Å²) in [7, 11) is 0. The van der Waals surface area contributed by atoms with Gasteiger partial charge in [-0.05, 0) is 62.6 Å². The molecule has 1 saturated heterocycles. The van der Waals surface area contributed by atoms with Crippen molar-refractivity contribution in [2.75, 3.05) is 44.3 Å². The van der Waals surface area contributed by atoms with E-state index in [1.807, 2.05) is 30.0 Å². The summed E-state index contributed by atoms with van der Waals surface area (Å²) in [5.41, 5.74) is 5.55. The number of carbonyl (C=O) groups excluding carboxylic acids is 1. The highest BCUT2D eigenvalue weighted by Crippen LogP contribution is 2.25. The molecule has 3 rings (SSSR count). The zero-order chi connectivity index (χ0) is 22.2. The molecular weight excluding hydrogens is 388 g/mol. The quantitative estimate of drug-likeness (QED) is 0.533. The van der Waals surface area contributed by atoms with Gasteiger partial charge in [0.05, 0.1) is 13.2 Å². The van der Waals surface area contributed by atoms with Gasteiger partial charge in [-0.3, -0.25) is 4.79 Å². The highest BCUT2D eigenvalue weighted by atomic mass is 16.5. The SMILES string of the molecule is CCCCOCc1cc(C(=O)N2CCN(c3cccc(C)c3C)CC2)ccc1OCC. The summed E-state index contributed by atoms with van der Waals surface area (Å²) in [5, 5.41) is 0. The minimum atomic E-state index is 0.0819. The normalized spacial score (nSPS) is 14.1. The van der Waals surface area contributed by atoms with E-state index in [9.17, 15) is 4.79 Å². The summed E-state index contributed by atoms with van der Waals surface area (Å²) in [4.78, 5) is 17.5. The number of carbonyl (C=O) groups is 1. The third kappa shape index (κ3) is 5.79. The van der Waals surface area contributed by atoms with E-state index in [1.165, 1.54) is 16.8 Å². The lowest BCUT2D eigenvalue weighted by Gasteiger charge is -2.37. The summed E-state index contributed by atoms with van der Waals surface area (Å²) in [5.74, 6) is 0.883. The highest BCUT2D eigenvalue weighted by molar-refractivity contribution is 5.94. The Morgan fingerprint density at radius 1 is 1.03 bits per heavy atom. The lowest BCUT2D eigenvalue weighted by molar-refractivity contribution is 0.0746. The molecule has 0 bridgehead atoms. The number of rotatable bonds is 9. The van der Waals surface area contributed by atoms with Crippen LogP contribution in [0.1, 0.15) is 53.7 Å². The molecule has 0 N–H and O–H groups in total. The Morgan fingerprint density at radius 3 is 2.52 bits per heavy atom. The van der Waals surface area contributed by atoms with Gasteiger partial charge in [-0.15, -0.1) is 0 Å². The monoisotopic (exact) mass is 424 g/mol. The van der Waals surface area contributed by atoms with Gasteiger partial charge < -0.3 is 19.3 Å². The average Bonchev–Trinajstić information content (AvgIpc) is 2.79. The van der Waals surface area contributed by atoms with Gasteiger partial charge in [0.1, 0.15) is 5.75 Å². The number of anilines is 1. The van der Waals surface area contributed by atoms with Gasteiger partial charge in [0.15, 0.2) is 0 Å². The van der Waals surface area contributed by atoms with Crippen LogP contribution in [0.2, 0.25) is 0 Å². The lowest BCUT2D eigenvalue weighted by Crippen LogP contribution is -2.49. The Balaban J connectivity index is 1.66. The van der Waals surface area contributed by atoms with E-state index in [0.29, 0.717) is 18.8 Å². The van der Waals surface area contributed by atoms with E-state index in [1.54, 1.807) is 0 Å². The van der Waals surface area contributed by atoms with Gasteiger partial charge in [0.25, 0.3) is 5.91 Å². The van der Waals surface area contributed by atoms with E-state index in [4.69, 9.17) is 9.47 Å². The second-order valence-corrected chi connectivity index (χ2v) is 8.16. The van der Waals surface area contributed by atoms with E-state index >= 15 is 0 Å². The van der Waals surface area contributed by atoms with Crippen LogP contribution in [0.3, 0.4) is 0 Å². The first-order valence-corrected chi connectivity index (χ1v) is 11.5. The maximum absolute atomic E-state index is 13.2. The van der Waals surface area contributed by atoms with Crippen molar-refractivity contribution >= 4 is 11.6 Å². The number of piperazine rings is 1. The molecule has 0 spiro atoms. The molecule has 1 heterocycles. The van der Waals surface area contributed by atoms with Crippen molar-refractivity contribution in [3.63, 3.8) is 0 Å². The molecule has 31 heavy (non-hydrogen) atoms. The Bertz CT molecular complexity index is 873. The number of nitrogens with zero attached hydrogens (tertiary/aromatic N) is 2. The van der Waals surface area contributed by atoms with Crippen LogP contribution >= 0.6 is 0 Å². The van der Waals surface area contributed by atoms with Crippen LogP contribution in [-0.4, -0.2) is 50.2 Å². The van der Waals surface area contributed by atoms with Gasteiger partial charge in [0, 0.05) is 49.6 Å². The minimum Gasteiger partial charge on any atom is -0.494 e. The lowest BCUT2D eigenvalue weighted by atomic mass is 10.1. The van der Waals surface area contributed by atoms with Gasteiger partial charge in [-0.25, -0.2) is 0 Å². The fourth-order valence-electron chi connectivity index (χ4n) is 3.96. The topological polar surface area (TPSA) is 42.0 Å². The average molecular weight is 425 g/mol. The Kier molecular flexibility index (Phi) is 8.35. The smallest absolute Gasteiger partial charge is 0.253 e. The van der Waals surface area contributed by atoms with Crippen molar-refractivity contribution in [3.05, 3.63) is 58.7 Å². The van der Waals surface area contributed by atoms with Crippen molar-refractivity contribution in [2.24, 2.45) is 0 Å². The van der Waals surface area contributed by atoms with Gasteiger partial charge in [-0.1, -0.05) is 25.5 Å². The predicted octanol–water partition coefficient (Wildman–Crippen LogP) is 4.98. The van der Waals surface area contributed by atoms with Crippen LogP contribution < -0.4 is 9.64 Å². The second-order valence-electron chi connectivity index (χ2n) is 8.16. The Hall–Kier alpha value is -2.53. The molecule has 5 nitrogen and oxygen atoms in total. The first-order chi connectivity index (χ1) is 15.0. The third-order valence-corrected chi connectivity index (χ3v) is 5.99. The number of aryl methyl sites for hydroxylation is 1. The summed E-state index contributed by atoms with van der Waals surface area (Å²) < 4.78 is 11.5. The standard InChI is InChI=1S/C26H36N2O3/c1-5-7-17-30-19-23-18-22(11-12-25(23)31-6-2)26(29)28-15-13-27(14-16-28)24-10-8-9-20(3)21(24)4/h8-12,18H,5-7,13-17,19H2,1-4H3. The van der Waals surface area contributed by atoms with E-state index in [0.717, 1.165) is 56.9 Å². The van der Waals surface area contributed by atoms with Crippen molar-refractivity contribution in [3.8, 4) is 5.75 Å². The molecule has 0 atom stereocenters. The number of hydrogen-bond acceptors (Lipinski definition) is 4. The summed E-state index contributed by atoms with van der Waals surface area (Å²) in [6, 6.07) is 12.2. The largest absolute Gasteiger partial charge is 0.494 e. The molecule has 0 unspecified atom stereocenters. The minimum absolute atomic E-state index is 0.0819. The summed E-state index contributed by atoms with van der Waals surface area (Å²) >= 11 is 0. The van der Waals surface area contributed by atoms with Crippen LogP contribution in [0.4, 0.5) is 5.69 Å². The molecule has 0 radical (unpaired) electrons. The number of amides is 1. The van der Waals surface area contributed by atoms with Crippen molar-refractivity contribution < 1.29 is 14.3 Å². The van der Waals surface area contributed by atoms with Crippen LogP contribution in [-0.2, 0) is 11.3 Å². The zero-order valence-corrected chi connectivity index (χ0v) is 19.4. The number of ether oxygens (including phenoxy) is 2. The van der Waals surface area contributed by atoms with Crippen LogP contribution in [0.15, 0.2) is 36.4 Å². The zero-order valence-electron chi connectivity index (χ0n) is 19.4. The molecular formula is C26H36N2O3. The van der Waals surface area contributed by atoms with Gasteiger partial charge >= 0.3 is 0 Å². The molecule has 1 aliphatic heterocycles. The fourth-order valence-corrected chi connectivity index (χ4v) is 3.96. The molecule has 0 saturated carbocycles. The number of benzene rings is 2. The summed E-state index contributed by atoms with van der Waals surface area (Å²) in [6.45, 7) is 13.4. The van der Waals surface area contributed by atoms with Gasteiger partial charge in [0.2, 0.25) is 0 Å². The molecule has 0 aromatic heterocycles. The number of unbranched alkanes of at least 4 members (excludes halogenated alkanes) is 1. The molecule has 1 aliphatic rings. The van der Waals surface area contributed by atoms with Crippen LogP contribution in [0.25, 0.3) is 0 Å². The Morgan fingerprint density at radius 2 is 1.81 bits per heavy atom. The van der Waals surface area contributed by atoms with E-state index in [2.05, 4.69) is 43.9 Å². The Labute approximate surface area is 187 Å². The second kappa shape index (κ2) is 11.2. The molecule has 0 aliphatic carbocycles. The van der Waals surface area contributed by atoms with Crippen LogP contribution in [0, 0.1) is 13.8 Å². The van der Waals surface area contributed by atoms with Crippen molar-refractivity contribution in [2.45, 2.75) is 47.1 Å². The van der Waals surface area contributed by atoms with E-state index in [-0.39, 0.29) is 5.91 Å². The molecule has 5 heteroatoms. The number of hydrogen-bond donors (Lipinski definition) is 0. The van der Waals surface area contributed by atoms with Gasteiger partial charge in [-0.2, -0.15) is 0 Å². The molecule has 2 aromatic rings. The highest BCUT2D eigenvalue weighted by Gasteiger charge is 2.24. The van der Waals surface area contributed by atoms with E-state index < -0.39 is 0 Å². The molecule has 1 fully saturated rings. The molecule has 1 amide bonds. The molecule has 168 valence electrons. The molecule has 2 aromatic carbocycles. The fraction of sp³-hybridized carbons (Fsp3) is 0.500.